The van der Waals surface area contributed by atoms with E-state index in [-0.39, 0.29) is 30.2 Å². The van der Waals surface area contributed by atoms with Crippen molar-refractivity contribution in [2.24, 2.45) is 0 Å². The van der Waals surface area contributed by atoms with Gasteiger partial charge in [-0.05, 0) is 85.0 Å². The predicted octanol–water partition coefficient (Wildman–Crippen LogP) is 8.05. The molecular formula is C34H28F2N2O4. The molecule has 8 heteroatoms. The van der Waals surface area contributed by atoms with Gasteiger partial charge in [-0.15, -0.1) is 0 Å². The molecule has 0 N–H and O–H groups in total. The fourth-order valence-electron chi connectivity index (χ4n) is 5.52. The van der Waals surface area contributed by atoms with Crippen molar-refractivity contribution in [1.29, 1.82) is 0 Å². The maximum Gasteiger partial charge on any atom is 0.167 e. The highest BCUT2D eigenvalue weighted by Gasteiger charge is 2.48. The standard InChI is InChI=1S/C34H28F2N2O4/c1-4-27(39)31-26-14-21(7-10-29(26)42-32(31)20-5-8-22(35)9-6-20)24-15-25(30(41-3)13-19(24)2)28(40)16-34(11-12-34)33-37-17-23(36)18-38-33/h5-10,13-15,17-18H,4,11-12,16H2,1-3H3. The summed E-state index contributed by atoms with van der Waals surface area (Å²) < 4.78 is 38.7. The summed E-state index contributed by atoms with van der Waals surface area (Å²) in [5.74, 6) is 0.219. The van der Waals surface area contributed by atoms with Gasteiger partial charge in [0, 0.05) is 29.2 Å². The van der Waals surface area contributed by atoms with Crippen molar-refractivity contribution in [1.82, 2.24) is 9.97 Å². The Labute approximate surface area is 241 Å². The van der Waals surface area contributed by atoms with Crippen molar-refractivity contribution in [2.75, 3.05) is 7.11 Å². The lowest BCUT2D eigenvalue weighted by atomic mass is 9.90. The number of rotatable bonds is 9. The van der Waals surface area contributed by atoms with Gasteiger partial charge in [-0.1, -0.05) is 13.0 Å². The van der Waals surface area contributed by atoms with Gasteiger partial charge in [0.05, 0.1) is 30.6 Å². The Kier molecular flexibility index (Phi) is 6.93. The first kappa shape index (κ1) is 27.4. The molecule has 1 aliphatic carbocycles. The zero-order chi connectivity index (χ0) is 29.6. The van der Waals surface area contributed by atoms with E-state index in [2.05, 4.69) is 9.97 Å². The highest BCUT2D eigenvalue weighted by Crippen LogP contribution is 2.50. The van der Waals surface area contributed by atoms with E-state index in [1.54, 1.807) is 25.1 Å². The van der Waals surface area contributed by atoms with Crippen LogP contribution in [0.15, 0.2) is 71.4 Å². The fourth-order valence-corrected chi connectivity index (χ4v) is 5.52. The summed E-state index contributed by atoms with van der Waals surface area (Å²) >= 11 is 0. The van der Waals surface area contributed by atoms with Gasteiger partial charge in [0.25, 0.3) is 0 Å². The van der Waals surface area contributed by atoms with Crippen molar-refractivity contribution in [3.8, 4) is 28.2 Å². The molecule has 5 aromatic rings. The van der Waals surface area contributed by atoms with Crippen LogP contribution in [0, 0.1) is 18.6 Å². The van der Waals surface area contributed by atoms with Crippen molar-refractivity contribution in [3.05, 3.63) is 101 Å². The molecule has 0 unspecified atom stereocenters. The van der Waals surface area contributed by atoms with Crippen LogP contribution in [-0.2, 0) is 5.41 Å². The van der Waals surface area contributed by atoms with Crippen LogP contribution in [0.2, 0.25) is 0 Å². The molecule has 6 rings (SSSR count). The van der Waals surface area contributed by atoms with E-state index in [0.717, 1.165) is 41.9 Å². The monoisotopic (exact) mass is 566 g/mol. The second-order valence-corrected chi connectivity index (χ2v) is 10.8. The molecule has 6 nitrogen and oxygen atoms in total. The van der Waals surface area contributed by atoms with Gasteiger partial charge in [-0.2, -0.15) is 0 Å². The molecule has 2 aromatic heterocycles. The molecule has 0 amide bonds. The summed E-state index contributed by atoms with van der Waals surface area (Å²) in [4.78, 5) is 35.1. The van der Waals surface area contributed by atoms with Crippen LogP contribution in [0.25, 0.3) is 33.4 Å². The van der Waals surface area contributed by atoms with Crippen LogP contribution < -0.4 is 4.74 Å². The Morgan fingerprint density at radius 2 is 1.62 bits per heavy atom. The number of ether oxygens (including phenoxy) is 1. The molecule has 212 valence electrons. The summed E-state index contributed by atoms with van der Waals surface area (Å²) in [5, 5.41) is 0.646. The number of fused-ring (bicyclic) bond motifs is 1. The van der Waals surface area contributed by atoms with E-state index < -0.39 is 11.2 Å². The summed E-state index contributed by atoms with van der Waals surface area (Å²) in [6.07, 6.45) is 4.19. The zero-order valence-electron chi connectivity index (χ0n) is 23.5. The van der Waals surface area contributed by atoms with Gasteiger partial charge in [0.2, 0.25) is 0 Å². The number of nitrogens with zero attached hydrogens (tertiary/aromatic N) is 2. The number of furan rings is 1. The van der Waals surface area contributed by atoms with Gasteiger partial charge in [0.1, 0.15) is 28.7 Å². The third-order valence-corrected chi connectivity index (χ3v) is 8.00. The van der Waals surface area contributed by atoms with Gasteiger partial charge >= 0.3 is 0 Å². The Morgan fingerprint density at radius 3 is 2.26 bits per heavy atom. The Hall–Kier alpha value is -4.72. The van der Waals surface area contributed by atoms with Crippen LogP contribution in [0.1, 0.15) is 64.7 Å². The normalized spacial score (nSPS) is 13.7. The molecule has 0 aliphatic heterocycles. The predicted molar refractivity (Wildman–Crippen MR) is 155 cm³/mol. The molecule has 2 heterocycles. The van der Waals surface area contributed by atoms with Crippen LogP contribution >= 0.6 is 0 Å². The molecule has 0 radical (unpaired) electrons. The zero-order valence-corrected chi connectivity index (χ0v) is 23.5. The van der Waals surface area contributed by atoms with E-state index >= 15 is 0 Å². The van der Waals surface area contributed by atoms with Gasteiger partial charge < -0.3 is 9.15 Å². The van der Waals surface area contributed by atoms with Gasteiger partial charge in [-0.3, -0.25) is 9.59 Å². The lowest BCUT2D eigenvalue weighted by Gasteiger charge is -2.16. The lowest BCUT2D eigenvalue weighted by Crippen LogP contribution is -2.17. The van der Waals surface area contributed by atoms with Crippen molar-refractivity contribution in [3.63, 3.8) is 0 Å². The Bertz CT molecular complexity index is 1840. The number of methoxy groups -OCH3 is 1. The van der Waals surface area contributed by atoms with E-state index in [4.69, 9.17) is 9.15 Å². The summed E-state index contributed by atoms with van der Waals surface area (Å²) in [7, 11) is 1.53. The van der Waals surface area contributed by atoms with E-state index in [0.29, 0.717) is 45.0 Å². The average molecular weight is 567 g/mol. The first-order valence-corrected chi connectivity index (χ1v) is 13.8. The average Bonchev–Trinajstić information content (AvgIpc) is 3.67. The molecule has 0 atom stereocenters. The SMILES string of the molecule is CCC(=O)c1c(-c2ccc(F)cc2)oc2ccc(-c3cc(C(=O)CC4(c5ncc(F)cn5)CC4)c(OC)cc3C)cc12. The fraction of sp³-hybridized carbons (Fsp3) is 0.235. The summed E-state index contributed by atoms with van der Waals surface area (Å²) in [6.45, 7) is 3.72. The van der Waals surface area contributed by atoms with E-state index in [9.17, 15) is 18.4 Å². The molecule has 0 bridgehead atoms. The molecule has 0 spiro atoms. The second kappa shape index (κ2) is 10.6. The summed E-state index contributed by atoms with van der Waals surface area (Å²) in [6, 6.07) is 15.1. The topological polar surface area (TPSA) is 82.3 Å². The number of carbonyl (C=O) groups is 2. The van der Waals surface area contributed by atoms with Gasteiger partial charge in [-0.25, -0.2) is 18.7 Å². The smallest absolute Gasteiger partial charge is 0.167 e. The number of hydrogen-bond acceptors (Lipinski definition) is 6. The molecule has 42 heavy (non-hydrogen) atoms. The third kappa shape index (κ3) is 4.87. The number of aryl methyl sites for hydroxylation is 1. The van der Waals surface area contributed by atoms with Crippen molar-refractivity contribution >= 4 is 22.5 Å². The number of hydrogen-bond donors (Lipinski definition) is 0. The molecule has 0 saturated heterocycles. The highest BCUT2D eigenvalue weighted by atomic mass is 19.1. The molecule has 3 aromatic carbocycles. The van der Waals surface area contributed by atoms with E-state index in [1.807, 2.05) is 31.2 Å². The minimum absolute atomic E-state index is 0.0923. The lowest BCUT2D eigenvalue weighted by molar-refractivity contribution is 0.0963. The third-order valence-electron chi connectivity index (χ3n) is 8.00. The largest absolute Gasteiger partial charge is 0.496 e. The maximum atomic E-state index is 13.7. The molecular weight excluding hydrogens is 538 g/mol. The number of halogens is 2. The molecule has 1 aliphatic rings. The number of ketones is 2. The number of benzene rings is 3. The van der Waals surface area contributed by atoms with Crippen LogP contribution in [-0.4, -0.2) is 28.6 Å². The number of carbonyl (C=O) groups excluding carboxylic acids is 2. The minimum atomic E-state index is -0.520. The molecule has 1 saturated carbocycles. The Balaban J connectivity index is 1.42. The van der Waals surface area contributed by atoms with Crippen molar-refractivity contribution in [2.45, 2.75) is 44.9 Å². The maximum absolute atomic E-state index is 13.7. The van der Waals surface area contributed by atoms with Crippen LogP contribution in [0.5, 0.6) is 5.75 Å². The van der Waals surface area contributed by atoms with Gasteiger partial charge in [0.15, 0.2) is 17.4 Å². The van der Waals surface area contributed by atoms with Crippen LogP contribution in [0.4, 0.5) is 8.78 Å². The Morgan fingerprint density at radius 1 is 0.929 bits per heavy atom. The number of aromatic nitrogens is 2. The summed E-state index contributed by atoms with van der Waals surface area (Å²) in [5.41, 5.74) is 4.00. The molecule has 1 fully saturated rings. The minimum Gasteiger partial charge on any atom is -0.496 e. The first-order chi connectivity index (χ1) is 20.2. The highest BCUT2D eigenvalue weighted by molar-refractivity contribution is 6.13. The van der Waals surface area contributed by atoms with Crippen LogP contribution in [0.3, 0.4) is 0 Å². The number of Topliss-reactive ketones (excluding diaryl/α,β-unsaturated/α-hetero) is 2. The van der Waals surface area contributed by atoms with Crippen molar-refractivity contribution < 1.29 is 27.5 Å². The van der Waals surface area contributed by atoms with E-state index in [1.165, 1.54) is 19.2 Å². The second-order valence-electron chi connectivity index (χ2n) is 10.8. The first-order valence-electron chi connectivity index (χ1n) is 13.8. The quantitative estimate of drug-likeness (QED) is 0.168.